The predicted octanol–water partition coefficient (Wildman–Crippen LogP) is 4.00. The Balaban J connectivity index is 1.56. The van der Waals surface area contributed by atoms with Crippen molar-refractivity contribution in [3.8, 4) is 11.8 Å². The Kier molecular flexibility index (Phi) is 6.27. The Bertz CT molecular complexity index is 1050. The molecule has 140 valence electrons. The fraction of sp³-hybridized carbons (Fsp3) is 0.130. The number of nitriles is 1. The zero-order valence-corrected chi connectivity index (χ0v) is 15.6. The maximum Gasteiger partial charge on any atom is 0.261 e. The number of methoxy groups -OCH3 is 1. The molecule has 0 atom stereocenters. The number of nitrogens with one attached hydrogen (secondary N) is 2. The molecule has 28 heavy (non-hydrogen) atoms. The lowest BCUT2D eigenvalue weighted by atomic mass is 10.1. The number of hydrogen-bond donors (Lipinski definition) is 2. The number of benzene rings is 2. The summed E-state index contributed by atoms with van der Waals surface area (Å²) in [6.45, 7) is 0.460. The fourth-order valence-electron chi connectivity index (χ4n) is 2.88. The van der Waals surface area contributed by atoms with Crippen molar-refractivity contribution in [2.24, 2.45) is 0 Å². The number of hydrogen-bond acceptors (Lipinski definition) is 3. The van der Waals surface area contributed by atoms with Gasteiger partial charge in [0, 0.05) is 23.6 Å². The molecule has 0 spiro atoms. The third-order valence-corrected chi connectivity index (χ3v) is 4.39. The third kappa shape index (κ3) is 4.68. The van der Waals surface area contributed by atoms with Crippen LogP contribution in [0, 0.1) is 11.3 Å². The van der Waals surface area contributed by atoms with E-state index in [9.17, 15) is 10.1 Å². The molecule has 1 amide bonds. The van der Waals surface area contributed by atoms with Crippen LogP contribution in [0.4, 0.5) is 0 Å². The molecule has 0 radical (unpaired) electrons. The van der Waals surface area contributed by atoms with Crippen molar-refractivity contribution in [1.29, 1.82) is 5.26 Å². The van der Waals surface area contributed by atoms with Crippen LogP contribution in [0.3, 0.4) is 0 Å². The van der Waals surface area contributed by atoms with E-state index in [1.165, 1.54) is 6.08 Å². The van der Waals surface area contributed by atoms with E-state index in [0.717, 1.165) is 27.8 Å². The van der Waals surface area contributed by atoms with Crippen LogP contribution < -0.4 is 10.1 Å². The van der Waals surface area contributed by atoms with Crippen LogP contribution in [0.1, 0.15) is 11.1 Å². The number of para-hydroxylation sites is 1. The summed E-state index contributed by atoms with van der Waals surface area (Å²) in [5, 5.41) is 13.2. The molecule has 0 saturated heterocycles. The number of aromatic nitrogens is 1. The molecule has 3 aromatic rings. The lowest BCUT2D eigenvalue weighted by Gasteiger charge is -2.03. The van der Waals surface area contributed by atoms with Gasteiger partial charge in [-0.1, -0.05) is 42.5 Å². The Morgan fingerprint density at radius 2 is 2.00 bits per heavy atom. The highest BCUT2D eigenvalue weighted by Crippen LogP contribution is 2.17. The van der Waals surface area contributed by atoms with Crippen molar-refractivity contribution in [2.45, 2.75) is 6.42 Å². The van der Waals surface area contributed by atoms with E-state index >= 15 is 0 Å². The molecule has 1 heterocycles. The van der Waals surface area contributed by atoms with Crippen LogP contribution >= 0.6 is 0 Å². The highest BCUT2D eigenvalue weighted by molar-refractivity contribution is 5.97. The average molecular weight is 371 g/mol. The molecule has 5 nitrogen and oxygen atoms in total. The van der Waals surface area contributed by atoms with E-state index in [0.29, 0.717) is 13.0 Å². The molecular formula is C23H21N3O2. The molecule has 0 aliphatic carbocycles. The molecule has 1 aromatic heterocycles. The van der Waals surface area contributed by atoms with Gasteiger partial charge >= 0.3 is 0 Å². The van der Waals surface area contributed by atoms with Crippen molar-refractivity contribution >= 4 is 22.9 Å². The van der Waals surface area contributed by atoms with Gasteiger partial charge in [-0.2, -0.15) is 5.26 Å². The van der Waals surface area contributed by atoms with Crippen molar-refractivity contribution in [2.75, 3.05) is 13.7 Å². The predicted molar refractivity (Wildman–Crippen MR) is 111 cm³/mol. The summed E-state index contributed by atoms with van der Waals surface area (Å²) in [7, 11) is 1.61. The summed E-state index contributed by atoms with van der Waals surface area (Å²) in [4.78, 5) is 15.4. The number of H-pyrrole nitrogens is 1. The first-order chi connectivity index (χ1) is 13.7. The molecule has 3 rings (SSSR count). The molecule has 0 unspecified atom stereocenters. The number of nitrogens with zero attached hydrogens (tertiary/aromatic N) is 1. The molecule has 0 saturated carbocycles. The van der Waals surface area contributed by atoms with Crippen molar-refractivity contribution in [3.63, 3.8) is 0 Å². The van der Waals surface area contributed by atoms with Crippen LogP contribution in [0.5, 0.6) is 5.75 Å². The Labute approximate surface area is 164 Å². The highest BCUT2D eigenvalue weighted by Gasteiger charge is 2.08. The fourth-order valence-corrected chi connectivity index (χ4v) is 2.88. The summed E-state index contributed by atoms with van der Waals surface area (Å²) in [6.07, 6.45) is 7.69. The minimum atomic E-state index is -0.373. The molecular weight excluding hydrogens is 350 g/mol. The number of carbonyl (C=O) groups is 1. The number of amides is 1. The number of fused-ring (bicyclic) bond motifs is 1. The zero-order chi connectivity index (χ0) is 19.8. The third-order valence-electron chi connectivity index (χ3n) is 4.39. The van der Waals surface area contributed by atoms with Crippen molar-refractivity contribution in [1.82, 2.24) is 10.3 Å². The molecule has 0 bridgehead atoms. The second-order valence-electron chi connectivity index (χ2n) is 6.19. The highest BCUT2D eigenvalue weighted by atomic mass is 16.5. The SMILES string of the molecule is COc1ccc(/C=C/C=C(\C#N)C(=O)NCCc2c[nH]c3ccccc23)cc1. The van der Waals surface area contributed by atoms with E-state index in [4.69, 9.17) is 4.74 Å². The minimum Gasteiger partial charge on any atom is -0.497 e. The first kappa shape index (κ1) is 19.0. The van der Waals surface area contributed by atoms with Crippen LogP contribution in [0.15, 0.2) is 72.5 Å². The summed E-state index contributed by atoms with van der Waals surface area (Å²) in [5.74, 6) is 0.404. The largest absolute Gasteiger partial charge is 0.497 e. The van der Waals surface area contributed by atoms with Crippen LogP contribution in [0.25, 0.3) is 17.0 Å². The first-order valence-corrected chi connectivity index (χ1v) is 8.97. The Morgan fingerprint density at radius 3 is 2.75 bits per heavy atom. The standard InChI is InChI=1S/C23H21N3O2/c1-28-20-11-9-17(10-12-20)5-4-6-18(15-24)23(27)25-14-13-19-16-26-22-8-3-2-7-21(19)22/h2-12,16,26H,13-14H2,1H3,(H,25,27)/b5-4+,18-6+. The van der Waals surface area contributed by atoms with Crippen LogP contribution in [-0.2, 0) is 11.2 Å². The van der Waals surface area contributed by atoms with Crippen molar-refractivity contribution < 1.29 is 9.53 Å². The second-order valence-corrected chi connectivity index (χ2v) is 6.19. The van der Waals surface area contributed by atoms with Gasteiger partial charge in [0.2, 0.25) is 0 Å². The van der Waals surface area contributed by atoms with Gasteiger partial charge in [0.05, 0.1) is 7.11 Å². The van der Waals surface area contributed by atoms with Crippen LogP contribution in [0.2, 0.25) is 0 Å². The summed E-state index contributed by atoms with van der Waals surface area (Å²) in [6, 6.07) is 17.5. The first-order valence-electron chi connectivity index (χ1n) is 8.97. The molecule has 0 aliphatic heterocycles. The van der Waals surface area contributed by atoms with E-state index in [1.807, 2.05) is 66.9 Å². The summed E-state index contributed by atoms with van der Waals surface area (Å²) >= 11 is 0. The van der Waals surface area contributed by atoms with Crippen LogP contribution in [-0.4, -0.2) is 24.5 Å². The summed E-state index contributed by atoms with van der Waals surface area (Å²) < 4.78 is 5.11. The number of carbonyl (C=O) groups excluding carboxylic acids is 1. The molecule has 2 N–H and O–H groups in total. The second kappa shape index (κ2) is 9.24. The smallest absolute Gasteiger partial charge is 0.261 e. The van der Waals surface area contributed by atoms with Gasteiger partial charge < -0.3 is 15.0 Å². The molecule has 5 heteroatoms. The molecule has 2 aromatic carbocycles. The Morgan fingerprint density at radius 1 is 1.21 bits per heavy atom. The molecule has 0 fully saturated rings. The van der Waals surface area contributed by atoms with Gasteiger partial charge in [0.25, 0.3) is 5.91 Å². The number of ether oxygens (including phenoxy) is 1. The normalized spacial score (nSPS) is 11.5. The quantitative estimate of drug-likeness (QED) is 0.374. The maximum atomic E-state index is 12.2. The number of allylic oxidation sites excluding steroid dienone is 2. The Hall–Kier alpha value is -3.78. The lowest BCUT2D eigenvalue weighted by molar-refractivity contribution is -0.117. The van der Waals surface area contributed by atoms with Gasteiger partial charge in [-0.05, 0) is 41.8 Å². The maximum absolute atomic E-state index is 12.2. The average Bonchev–Trinajstić information content (AvgIpc) is 3.15. The van der Waals surface area contributed by atoms with E-state index < -0.39 is 0 Å². The van der Waals surface area contributed by atoms with Gasteiger partial charge in [-0.25, -0.2) is 0 Å². The van der Waals surface area contributed by atoms with Gasteiger partial charge in [0.15, 0.2) is 0 Å². The van der Waals surface area contributed by atoms with Gasteiger partial charge in [-0.15, -0.1) is 0 Å². The zero-order valence-electron chi connectivity index (χ0n) is 15.6. The summed E-state index contributed by atoms with van der Waals surface area (Å²) in [5.41, 5.74) is 3.24. The number of rotatable bonds is 7. The van der Waals surface area contributed by atoms with Gasteiger partial charge in [0.1, 0.15) is 17.4 Å². The van der Waals surface area contributed by atoms with E-state index in [-0.39, 0.29) is 11.5 Å². The monoisotopic (exact) mass is 371 g/mol. The minimum absolute atomic E-state index is 0.0729. The topological polar surface area (TPSA) is 77.9 Å². The van der Waals surface area contributed by atoms with E-state index in [1.54, 1.807) is 13.2 Å². The lowest BCUT2D eigenvalue weighted by Crippen LogP contribution is -2.26. The van der Waals surface area contributed by atoms with Gasteiger partial charge in [-0.3, -0.25) is 4.79 Å². The number of aromatic amines is 1. The van der Waals surface area contributed by atoms with E-state index in [2.05, 4.69) is 10.3 Å². The van der Waals surface area contributed by atoms with Crippen molar-refractivity contribution in [3.05, 3.63) is 83.6 Å². The molecule has 0 aliphatic rings.